The summed E-state index contributed by atoms with van der Waals surface area (Å²) < 4.78 is 13.3. The molecule has 2 saturated heterocycles. The minimum absolute atomic E-state index is 0.142. The Bertz CT molecular complexity index is 2280. The maximum atomic E-state index is 14.9. The van der Waals surface area contributed by atoms with Gasteiger partial charge in [-0.3, -0.25) is 29.1 Å². The lowest BCUT2D eigenvalue weighted by Crippen LogP contribution is -2.49. The van der Waals surface area contributed by atoms with E-state index in [4.69, 9.17) is 26.2 Å². The summed E-state index contributed by atoms with van der Waals surface area (Å²) in [6, 6.07) is 10.7. The molecule has 2 aromatic heterocycles. The third-order valence-corrected chi connectivity index (χ3v) is 13.1. The summed E-state index contributed by atoms with van der Waals surface area (Å²) in [4.78, 5) is 57.9. The van der Waals surface area contributed by atoms with Crippen LogP contribution in [-0.2, 0) is 26.2 Å². The van der Waals surface area contributed by atoms with Gasteiger partial charge in [0.1, 0.15) is 11.5 Å². The molecule has 12 nitrogen and oxygen atoms in total. The molecule has 4 heterocycles. The van der Waals surface area contributed by atoms with E-state index in [9.17, 15) is 29.5 Å². The highest BCUT2D eigenvalue weighted by atomic mass is 35.5. The van der Waals surface area contributed by atoms with E-state index in [0.717, 1.165) is 26.1 Å². The summed E-state index contributed by atoms with van der Waals surface area (Å²) in [7, 11) is 4.54. The van der Waals surface area contributed by atoms with Crippen molar-refractivity contribution >= 4 is 68.5 Å². The lowest BCUT2D eigenvalue weighted by Gasteiger charge is -2.47. The number of hydroxylamine groups is 2. The van der Waals surface area contributed by atoms with Gasteiger partial charge in [-0.25, -0.2) is 4.90 Å². The van der Waals surface area contributed by atoms with Gasteiger partial charge in [0.15, 0.2) is 11.5 Å². The number of methoxy groups -OCH3 is 2. The number of aromatic hydroxyl groups is 1. The van der Waals surface area contributed by atoms with Crippen molar-refractivity contribution in [2.24, 2.45) is 42.1 Å². The number of thiophene rings is 1. The lowest BCUT2D eigenvalue weighted by molar-refractivity contribution is -0.173. The van der Waals surface area contributed by atoms with E-state index in [2.05, 4.69) is 0 Å². The number of hydrogen-bond acceptors (Lipinski definition) is 10. The molecule has 8 rings (SSSR count). The van der Waals surface area contributed by atoms with Gasteiger partial charge in [0.05, 0.1) is 42.3 Å². The van der Waals surface area contributed by atoms with Gasteiger partial charge in [0.25, 0.3) is 11.8 Å². The zero-order valence-electron chi connectivity index (χ0n) is 28.9. The highest BCUT2D eigenvalue weighted by Crippen LogP contribution is 2.61. The Labute approximate surface area is 307 Å². The van der Waals surface area contributed by atoms with E-state index in [0.29, 0.717) is 22.1 Å². The number of rotatable bonds is 6. The zero-order chi connectivity index (χ0) is 37.0. The third kappa shape index (κ3) is 4.72. The zero-order valence-corrected chi connectivity index (χ0v) is 30.5. The van der Waals surface area contributed by atoms with E-state index < -0.39 is 58.6 Å². The topological polar surface area (TPSA) is 151 Å². The van der Waals surface area contributed by atoms with Crippen LogP contribution in [0.25, 0.3) is 26.7 Å². The first-order valence-corrected chi connectivity index (χ1v) is 18.0. The normalized spacial score (nSPS) is 27.1. The molecule has 2 aliphatic heterocycles. The molecule has 2 N–H and O–H groups in total. The van der Waals surface area contributed by atoms with Gasteiger partial charge < -0.3 is 14.6 Å². The number of ether oxygens (including phenoxy) is 2. The molecule has 6 atom stereocenters. The summed E-state index contributed by atoms with van der Waals surface area (Å²) in [5, 5.41) is 27.4. The number of phenols is 1. The van der Waals surface area contributed by atoms with Crippen molar-refractivity contribution in [1.82, 2.24) is 14.8 Å². The number of nitrogens with zero attached hydrogens (tertiary/aromatic N) is 4. The van der Waals surface area contributed by atoms with E-state index in [1.807, 2.05) is 37.3 Å². The summed E-state index contributed by atoms with van der Waals surface area (Å²) in [5.41, 5.74) is 1.67. The Balaban J connectivity index is 1.23. The molecule has 14 heteroatoms. The second-order valence-corrected chi connectivity index (χ2v) is 15.5. The van der Waals surface area contributed by atoms with Gasteiger partial charge in [-0.2, -0.15) is 10.2 Å². The van der Waals surface area contributed by atoms with Crippen LogP contribution < -0.4 is 14.4 Å². The van der Waals surface area contributed by atoms with Crippen molar-refractivity contribution in [3.05, 3.63) is 70.3 Å². The third-order valence-electron chi connectivity index (χ3n) is 11.5. The first-order chi connectivity index (χ1) is 24.8. The molecule has 4 amide bonds. The van der Waals surface area contributed by atoms with Gasteiger partial charge in [0, 0.05) is 28.8 Å². The Hall–Kier alpha value is -4.98. The van der Waals surface area contributed by atoms with E-state index in [-0.39, 0.29) is 35.2 Å². The van der Waals surface area contributed by atoms with Crippen molar-refractivity contribution < 1.29 is 39.0 Å². The Kier molecular flexibility index (Phi) is 7.90. The lowest BCUT2D eigenvalue weighted by atomic mass is 9.52. The van der Waals surface area contributed by atoms with Crippen molar-refractivity contribution in [3.8, 4) is 27.8 Å². The predicted molar refractivity (Wildman–Crippen MR) is 193 cm³/mol. The first kappa shape index (κ1) is 34.1. The second-order valence-electron chi connectivity index (χ2n) is 14.0. The minimum atomic E-state index is -1.28. The molecule has 52 heavy (non-hydrogen) atoms. The second kappa shape index (κ2) is 12.0. The number of anilines is 1. The van der Waals surface area contributed by atoms with Crippen LogP contribution in [0.1, 0.15) is 30.9 Å². The number of carbonyl (C=O) groups excluding carboxylic acids is 4. The number of fused-ring (bicyclic) bond motifs is 5. The Morgan fingerprint density at radius 3 is 2.42 bits per heavy atom. The fraction of sp³-hybridized carbons (Fsp3) is 0.342. The number of halogens is 1. The standard InChI is InChI=1S/C38H35ClN4O8S/c1-17-22-14-19(39)7-11-29(22)52-33(17)26-16-30(41(3)40-26)42-35(46)25-15-23-20(8-9-21-31(23)36(47)43(49)34(21)45)24(38(25,2)37(42)48)10-6-18-12-27(50-4)32(44)28(13-18)51-5/h6-8,10-14,16,21,23-25,31,44,49H,9,15H2,1-5H3/t21-,23+,24-,25-,31-,38-/m0/s1. The van der Waals surface area contributed by atoms with Gasteiger partial charge >= 0.3 is 0 Å². The molecule has 0 unspecified atom stereocenters. The van der Waals surface area contributed by atoms with Crippen LogP contribution in [0.5, 0.6) is 17.2 Å². The van der Waals surface area contributed by atoms with E-state index >= 15 is 0 Å². The van der Waals surface area contributed by atoms with Crippen LogP contribution >= 0.6 is 22.9 Å². The van der Waals surface area contributed by atoms with Crippen molar-refractivity contribution in [3.63, 3.8) is 0 Å². The van der Waals surface area contributed by atoms with Gasteiger partial charge in [-0.05, 0) is 79.5 Å². The quantitative estimate of drug-likeness (QED) is 0.135. The Morgan fingerprint density at radius 2 is 1.73 bits per heavy atom. The maximum Gasteiger partial charge on any atom is 0.257 e. The molecular formula is C38H35ClN4O8S. The van der Waals surface area contributed by atoms with Crippen molar-refractivity contribution in [2.75, 3.05) is 19.1 Å². The average molecular weight is 743 g/mol. The monoisotopic (exact) mass is 742 g/mol. The fourth-order valence-corrected chi connectivity index (χ4v) is 10.2. The summed E-state index contributed by atoms with van der Waals surface area (Å²) in [6.07, 6.45) is 5.85. The highest BCUT2D eigenvalue weighted by Gasteiger charge is 2.67. The van der Waals surface area contributed by atoms with Crippen LogP contribution in [0.3, 0.4) is 0 Å². The smallest absolute Gasteiger partial charge is 0.257 e. The number of benzene rings is 2. The molecule has 4 aromatic rings. The molecule has 0 radical (unpaired) electrons. The van der Waals surface area contributed by atoms with Crippen molar-refractivity contribution in [1.29, 1.82) is 0 Å². The number of imide groups is 2. The van der Waals surface area contributed by atoms with Gasteiger partial charge in [0.2, 0.25) is 17.6 Å². The highest BCUT2D eigenvalue weighted by molar-refractivity contribution is 7.22. The average Bonchev–Trinajstić information content (AvgIpc) is 3.79. The summed E-state index contributed by atoms with van der Waals surface area (Å²) in [6.45, 7) is 3.77. The Morgan fingerprint density at radius 1 is 1.02 bits per heavy atom. The summed E-state index contributed by atoms with van der Waals surface area (Å²) in [5.74, 6) is -5.41. The first-order valence-electron chi connectivity index (χ1n) is 16.8. The molecular weight excluding hydrogens is 708 g/mol. The number of carbonyl (C=O) groups is 4. The van der Waals surface area contributed by atoms with E-state index in [1.54, 1.807) is 49.6 Å². The maximum absolute atomic E-state index is 14.9. The molecule has 0 spiro atoms. The molecule has 0 bridgehead atoms. The number of allylic oxidation sites excluding steroid dienone is 3. The summed E-state index contributed by atoms with van der Waals surface area (Å²) >= 11 is 7.84. The van der Waals surface area contributed by atoms with Crippen LogP contribution in [0.2, 0.25) is 5.02 Å². The van der Waals surface area contributed by atoms with Crippen LogP contribution in [-0.4, -0.2) is 63.0 Å². The molecule has 4 aliphatic rings. The largest absolute Gasteiger partial charge is 0.502 e. The SMILES string of the molecule is COc1cc(C=C[C@H]2C3=CC[C@@H]4C(=O)N(O)C(=O)[C@@H]4[C@@H]3C[C@H]3C(=O)N(c4cc(-c5sc6ccc(Cl)cc6c5C)nn4C)C(=O)[C@@]23C)cc(OC)c1O. The van der Waals surface area contributed by atoms with Crippen LogP contribution in [0.4, 0.5) is 5.82 Å². The van der Waals surface area contributed by atoms with Crippen LogP contribution in [0.15, 0.2) is 54.1 Å². The number of hydrogen-bond donors (Lipinski definition) is 2. The molecule has 3 fully saturated rings. The van der Waals surface area contributed by atoms with Crippen LogP contribution in [0, 0.1) is 41.9 Å². The van der Waals surface area contributed by atoms with E-state index in [1.165, 1.54) is 23.8 Å². The molecule has 2 aliphatic carbocycles. The fourth-order valence-electron chi connectivity index (χ4n) is 8.85. The molecule has 2 aromatic carbocycles. The molecule has 1 saturated carbocycles. The van der Waals surface area contributed by atoms with Gasteiger partial charge in [-0.1, -0.05) is 35.4 Å². The van der Waals surface area contributed by atoms with Gasteiger partial charge in [-0.15, -0.1) is 11.3 Å². The number of amides is 4. The number of aromatic nitrogens is 2. The number of phenolic OH excluding ortho intramolecular Hbond substituents is 1. The minimum Gasteiger partial charge on any atom is -0.502 e. The molecule has 268 valence electrons. The predicted octanol–water partition coefficient (Wildman–Crippen LogP) is 6.15. The number of aryl methyl sites for hydroxylation is 2. The van der Waals surface area contributed by atoms with Crippen molar-refractivity contribution in [2.45, 2.75) is 26.7 Å².